The number of benzene rings is 2. The first-order valence-corrected chi connectivity index (χ1v) is 10.7. The molecule has 0 bridgehead atoms. The maximum atomic E-state index is 10.7. The van der Waals surface area contributed by atoms with Gasteiger partial charge in [0.15, 0.2) is 15.4 Å². The minimum Gasteiger partial charge on any atom is -0.741 e. The first kappa shape index (κ1) is 21.8. The Morgan fingerprint density at radius 1 is 0.960 bits per heavy atom. The van der Waals surface area contributed by atoms with Crippen molar-refractivity contribution in [3.63, 3.8) is 0 Å². The van der Waals surface area contributed by atoms with Crippen LogP contribution >= 0.6 is 11.6 Å². The normalized spacial score (nSPS) is 13.1. The molecule has 0 saturated heterocycles. The van der Waals surface area contributed by atoms with Crippen molar-refractivity contribution < 1.29 is 26.1 Å². The quantitative estimate of drug-likeness (QED) is 0.427. The molecule has 0 spiro atoms. The molecule has 138 valence electrons. The van der Waals surface area contributed by atoms with Crippen LogP contribution in [0.3, 0.4) is 0 Å². The summed E-state index contributed by atoms with van der Waals surface area (Å²) in [6.07, 6.45) is 4.57. The van der Waals surface area contributed by atoms with E-state index in [0.29, 0.717) is 16.1 Å². The second-order valence-electron chi connectivity index (χ2n) is 5.12. The molecule has 0 radical (unpaired) electrons. The molecule has 9 heteroatoms. The summed E-state index contributed by atoms with van der Waals surface area (Å²) in [5, 5.41) is 1.26. The Kier molecular flexibility index (Phi) is 7.80. The summed E-state index contributed by atoms with van der Waals surface area (Å²) in [5.41, 5.74) is -2.93. The maximum Gasteiger partial charge on any atom is 0.485 e. The maximum absolute atomic E-state index is 10.7. The molecular formula is C16H16ClF3O3S2. The average Bonchev–Trinajstić information content (AvgIpc) is 2.49. The van der Waals surface area contributed by atoms with Crippen molar-refractivity contribution in [3.8, 4) is 0 Å². The fourth-order valence-electron chi connectivity index (χ4n) is 2.00. The van der Waals surface area contributed by atoms with Gasteiger partial charge in [-0.25, -0.2) is 8.42 Å². The molecule has 0 amide bonds. The Labute approximate surface area is 152 Å². The SMILES string of the molecule is C[S+](C)C(c1ccccc1)c1ccc(Cl)cc1.O=S(=O)([O-])C(F)(F)F. The Hall–Kier alpha value is -1.22. The van der Waals surface area contributed by atoms with Gasteiger partial charge in [-0.1, -0.05) is 54.1 Å². The van der Waals surface area contributed by atoms with E-state index in [9.17, 15) is 13.2 Å². The van der Waals surface area contributed by atoms with Crippen LogP contribution in [0.25, 0.3) is 0 Å². The van der Waals surface area contributed by atoms with Gasteiger partial charge in [-0.05, 0) is 23.0 Å². The Morgan fingerprint density at radius 3 is 1.72 bits per heavy atom. The van der Waals surface area contributed by atoms with Gasteiger partial charge >= 0.3 is 5.51 Å². The second kappa shape index (κ2) is 8.93. The number of hydrogen-bond acceptors (Lipinski definition) is 3. The molecular weight excluding hydrogens is 397 g/mol. The third kappa shape index (κ3) is 6.89. The minimum atomic E-state index is -6.09. The lowest BCUT2D eigenvalue weighted by molar-refractivity contribution is -0.0517. The van der Waals surface area contributed by atoms with Gasteiger partial charge in [0.05, 0.1) is 12.5 Å². The van der Waals surface area contributed by atoms with Crippen LogP contribution in [0.2, 0.25) is 5.02 Å². The van der Waals surface area contributed by atoms with Crippen LogP contribution in [0.1, 0.15) is 16.4 Å². The van der Waals surface area contributed by atoms with Crippen LogP contribution < -0.4 is 0 Å². The van der Waals surface area contributed by atoms with Crippen LogP contribution in [0.5, 0.6) is 0 Å². The Balaban J connectivity index is 0.000000333. The topological polar surface area (TPSA) is 57.2 Å². The van der Waals surface area contributed by atoms with E-state index >= 15 is 0 Å². The zero-order valence-electron chi connectivity index (χ0n) is 13.3. The second-order valence-corrected chi connectivity index (χ2v) is 9.16. The zero-order chi connectivity index (χ0) is 19.3. The molecule has 0 N–H and O–H groups in total. The molecule has 2 rings (SSSR count). The highest BCUT2D eigenvalue weighted by molar-refractivity contribution is 7.95. The van der Waals surface area contributed by atoms with Crippen molar-refractivity contribution >= 4 is 32.6 Å². The molecule has 0 aliphatic rings. The zero-order valence-corrected chi connectivity index (χ0v) is 15.7. The number of hydrogen-bond donors (Lipinski definition) is 0. The molecule has 25 heavy (non-hydrogen) atoms. The summed E-state index contributed by atoms with van der Waals surface area (Å²) in [6, 6.07) is 18.9. The van der Waals surface area contributed by atoms with E-state index in [1.807, 2.05) is 12.1 Å². The number of alkyl halides is 3. The van der Waals surface area contributed by atoms with Gasteiger partial charge in [0.2, 0.25) is 0 Å². The molecule has 0 aliphatic carbocycles. The monoisotopic (exact) mass is 412 g/mol. The lowest BCUT2D eigenvalue weighted by atomic mass is 10.0. The van der Waals surface area contributed by atoms with E-state index in [1.165, 1.54) is 11.1 Å². The Morgan fingerprint density at radius 2 is 1.36 bits per heavy atom. The summed E-state index contributed by atoms with van der Waals surface area (Å²) in [4.78, 5) is 0. The predicted octanol–water partition coefficient (Wildman–Crippen LogP) is 4.36. The smallest absolute Gasteiger partial charge is 0.485 e. The summed E-state index contributed by atoms with van der Waals surface area (Å²) in [7, 11) is -5.80. The van der Waals surface area contributed by atoms with Crippen molar-refractivity contribution in [2.75, 3.05) is 12.5 Å². The van der Waals surface area contributed by atoms with Gasteiger partial charge in [0.25, 0.3) is 0 Å². The molecule has 0 fully saturated rings. The van der Waals surface area contributed by atoms with Gasteiger partial charge in [-0.3, -0.25) is 0 Å². The molecule has 0 saturated carbocycles. The van der Waals surface area contributed by atoms with Crippen LogP contribution in [0.15, 0.2) is 54.6 Å². The Bertz CT molecular complexity index is 761. The summed E-state index contributed by atoms with van der Waals surface area (Å²) < 4.78 is 58.9. The lowest BCUT2D eigenvalue weighted by Crippen LogP contribution is -2.21. The lowest BCUT2D eigenvalue weighted by Gasteiger charge is -2.14. The van der Waals surface area contributed by atoms with Crippen molar-refractivity contribution in [1.29, 1.82) is 0 Å². The van der Waals surface area contributed by atoms with Gasteiger partial charge in [0, 0.05) is 16.1 Å². The van der Waals surface area contributed by atoms with Gasteiger partial charge in [-0.2, -0.15) is 13.2 Å². The third-order valence-corrected chi connectivity index (χ3v) is 5.34. The van der Waals surface area contributed by atoms with Crippen LogP contribution in [0.4, 0.5) is 13.2 Å². The molecule has 0 aromatic heterocycles. The van der Waals surface area contributed by atoms with Crippen LogP contribution in [-0.4, -0.2) is 31.0 Å². The first-order chi connectivity index (χ1) is 11.4. The largest absolute Gasteiger partial charge is 0.741 e. The van der Waals surface area contributed by atoms with Crippen LogP contribution in [-0.2, 0) is 21.0 Å². The molecule has 2 aromatic carbocycles. The standard InChI is InChI=1S/C15H16ClS.CHF3O3S/c1-17(2)15(12-6-4-3-5-7-12)13-8-10-14(16)11-9-13;2-1(3,4)8(5,6)7/h3-11,15H,1-2H3;(H,5,6,7)/q+1;/p-1. The molecule has 1 atom stereocenters. The van der Waals surface area contributed by atoms with E-state index in [2.05, 4.69) is 55.0 Å². The fourth-order valence-corrected chi connectivity index (χ4v) is 3.53. The van der Waals surface area contributed by atoms with Crippen molar-refractivity contribution in [1.82, 2.24) is 0 Å². The summed E-state index contributed by atoms with van der Waals surface area (Å²) >= 11 is 5.94. The van der Waals surface area contributed by atoms with E-state index in [1.54, 1.807) is 0 Å². The highest BCUT2D eigenvalue weighted by atomic mass is 35.5. The van der Waals surface area contributed by atoms with E-state index < -0.39 is 15.6 Å². The van der Waals surface area contributed by atoms with Crippen LogP contribution in [0, 0.1) is 0 Å². The van der Waals surface area contributed by atoms with Crippen molar-refractivity contribution in [3.05, 3.63) is 70.7 Å². The van der Waals surface area contributed by atoms with Crippen molar-refractivity contribution in [2.24, 2.45) is 0 Å². The van der Waals surface area contributed by atoms with Gasteiger partial charge in [-0.15, -0.1) is 0 Å². The highest BCUT2D eigenvalue weighted by Gasteiger charge is 2.36. The molecule has 2 aromatic rings. The molecule has 0 aliphatic heterocycles. The molecule has 3 nitrogen and oxygen atoms in total. The molecule has 0 heterocycles. The van der Waals surface area contributed by atoms with Gasteiger partial charge in [0.1, 0.15) is 0 Å². The van der Waals surface area contributed by atoms with Crippen molar-refractivity contribution in [2.45, 2.75) is 10.8 Å². The summed E-state index contributed by atoms with van der Waals surface area (Å²) in [5.74, 6) is 0. The first-order valence-electron chi connectivity index (χ1n) is 6.82. The number of rotatable bonds is 3. The summed E-state index contributed by atoms with van der Waals surface area (Å²) in [6.45, 7) is 0. The van der Waals surface area contributed by atoms with E-state index in [0.717, 1.165) is 5.02 Å². The highest BCUT2D eigenvalue weighted by Crippen LogP contribution is 2.30. The fraction of sp³-hybridized carbons (Fsp3) is 0.250. The third-order valence-electron chi connectivity index (χ3n) is 3.03. The predicted molar refractivity (Wildman–Crippen MR) is 94.7 cm³/mol. The van der Waals surface area contributed by atoms with E-state index in [4.69, 9.17) is 24.6 Å². The van der Waals surface area contributed by atoms with Gasteiger partial charge < -0.3 is 4.55 Å². The molecule has 1 unspecified atom stereocenters. The number of halogens is 4. The average molecular weight is 413 g/mol. The minimum absolute atomic E-state index is 0.295. The van der Waals surface area contributed by atoms with E-state index in [-0.39, 0.29) is 0 Å².